The number of rotatable bonds is 5. The van der Waals surface area contributed by atoms with Crippen LogP contribution in [0.1, 0.15) is 31.4 Å². The highest BCUT2D eigenvalue weighted by molar-refractivity contribution is 7.99. The van der Waals surface area contributed by atoms with E-state index in [0.717, 1.165) is 5.56 Å². The largest absolute Gasteiger partial charge is 0.481 e. The average molecular weight is 284 g/mol. The van der Waals surface area contributed by atoms with E-state index in [1.54, 1.807) is 23.5 Å². The topological polar surface area (TPSA) is 37.3 Å². The van der Waals surface area contributed by atoms with E-state index in [1.165, 1.54) is 15.4 Å². The Bertz CT molecular complexity index is 453. The molecule has 0 aliphatic carbocycles. The summed E-state index contributed by atoms with van der Waals surface area (Å²) in [6, 6.07) is 4.31. The van der Waals surface area contributed by atoms with E-state index in [0.29, 0.717) is 0 Å². The van der Waals surface area contributed by atoms with E-state index < -0.39 is 5.97 Å². The van der Waals surface area contributed by atoms with Crippen molar-refractivity contribution in [2.75, 3.05) is 12.5 Å². The molecule has 1 aromatic rings. The van der Waals surface area contributed by atoms with Gasteiger partial charge in [-0.05, 0) is 42.7 Å². The van der Waals surface area contributed by atoms with Gasteiger partial charge in [0.25, 0.3) is 0 Å². The van der Waals surface area contributed by atoms with Crippen molar-refractivity contribution in [1.82, 2.24) is 0 Å². The molecule has 0 saturated carbocycles. The molecule has 4 heteroatoms. The van der Waals surface area contributed by atoms with Crippen LogP contribution >= 0.6 is 23.5 Å². The zero-order chi connectivity index (χ0) is 13.9. The fourth-order valence-corrected chi connectivity index (χ4v) is 3.52. The van der Waals surface area contributed by atoms with Gasteiger partial charge in [-0.15, -0.1) is 23.5 Å². The van der Waals surface area contributed by atoms with Crippen LogP contribution < -0.4 is 0 Å². The molecule has 0 saturated heterocycles. The Morgan fingerprint density at radius 2 is 1.78 bits per heavy atom. The molecule has 18 heavy (non-hydrogen) atoms. The monoisotopic (exact) mass is 284 g/mol. The number of aryl methyl sites for hydroxylation is 1. The molecule has 100 valence electrons. The predicted molar refractivity (Wildman–Crippen MR) is 80.0 cm³/mol. The van der Waals surface area contributed by atoms with Crippen LogP contribution in [0.3, 0.4) is 0 Å². The Morgan fingerprint density at radius 3 is 2.22 bits per heavy atom. The van der Waals surface area contributed by atoms with Gasteiger partial charge in [0.15, 0.2) is 0 Å². The highest BCUT2D eigenvalue weighted by atomic mass is 32.2. The van der Waals surface area contributed by atoms with Gasteiger partial charge in [-0.1, -0.05) is 13.8 Å². The molecule has 1 aromatic carbocycles. The zero-order valence-corrected chi connectivity index (χ0v) is 13.2. The molecule has 1 rings (SSSR count). The molecule has 0 aliphatic heterocycles. The Hall–Kier alpha value is -0.610. The Kier molecular flexibility index (Phi) is 5.17. The second-order valence-corrected chi connectivity index (χ2v) is 6.67. The van der Waals surface area contributed by atoms with E-state index in [-0.39, 0.29) is 11.8 Å². The molecule has 2 nitrogen and oxygen atoms in total. The maximum atomic E-state index is 11.0. The summed E-state index contributed by atoms with van der Waals surface area (Å²) in [5.41, 5.74) is 2.04. The third kappa shape index (κ3) is 3.45. The van der Waals surface area contributed by atoms with Gasteiger partial charge in [0.05, 0.1) is 6.42 Å². The number of hydrogen-bond acceptors (Lipinski definition) is 3. The first kappa shape index (κ1) is 15.4. The fourth-order valence-electron chi connectivity index (χ4n) is 2.05. The number of thioether (sulfide) groups is 2. The summed E-state index contributed by atoms with van der Waals surface area (Å²) in [6.45, 7) is 6.09. The van der Waals surface area contributed by atoms with Gasteiger partial charge in [0.1, 0.15) is 0 Å². The van der Waals surface area contributed by atoms with Crippen LogP contribution in [-0.2, 0) is 10.2 Å². The van der Waals surface area contributed by atoms with Crippen LogP contribution in [0.5, 0.6) is 0 Å². The van der Waals surface area contributed by atoms with Crippen LogP contribution in [-0.4, -0.2) is 23.6 Å². The Morgan fingerprint density at radius 1 is 1.22 bits per heavy atom. The van der Waals surface area contributed by atoms with Crippen molar-refractivity contribution in [3.63, 3.8) is 0 Å². The van der Waals surface area contributed by atoms with E-state index in [9.17, 15) is 4.79 Å². The third-order valence-electron chi connectivity index (χ3n) is 3.04. The number of carbonyl (C=O) groups is 1. The Labute approximate surface area is 118 Å². The third-order valence-corrected chi connectivity index (χ3v) is 4.70. The maximum absolute atomic E-state index is 11.0. The summed E-state index contributed by atoms with van der Waals surface area (Å²) < 4.78 is 0. The standard InChI is InChI=1S/C14H20O2S2/c1-9-6-12(18-5)10(7-11(9)17-4)14(2,3)8-13(15)16/h6-7H,8H2,1-5H3,(H,15,16). The lowest BCUT2D eigenvalue weighted by molar-refractivity contribution is -0.138. The number of hydrogen-bond donors (Lipinski definition) is 1. The molecular weight excluding hydrogens is 264 g/mol. The van der Waals surface area contributed by atoms with Gasteiger partial charge < -0.3 is 5.11 Å². The SMILES string of the molecule is CSc1cc(C(C)(C)CC(=O)O)c(SC)cc1C. The van der Waals surface area contributed by atoms with Crippen LogP contribution in [0.2, 0.25) is 0 Å². The van der Waals surface area contributed by atoms with Crippen LogP contribution in [0.15, 0.2) is 21.9 Å². The number of carboxylic acid groups (broad SMARTS) is 1. The molecule has 0 heterocycles. The zero-order valence-electron chi connectivity index (χ0n) is 11.5. The van der Waals surface area contributed by atoms with Crippen LogP contribution in [0, 0.1) is 6.92 Å². The lowest BCUT2D eigenvalue weighted by atomic mass is 9.81. The summed E-state index contributed by atoms with van der Waals surface area (Å²) in [7, 11) is 0. The second kappa shape index (κ2) is 6.02. The van der Waals surface area contributed by atoms with Crippen molar-refractivity contribution in [3.05, 3.63) is 23.3 Å². The van der Waals surface area contributed by atoms with Crippen molar-refractivity contribution in [2.24, 2.45) is 0 Å². The molecule has 0 radical (unpaired) electrons. The molecule has 0 atom stereocenters. The lowest BCUT2D eigenvalue weighted by Gasteiger charge is -2.26. The Balaban J connectivity index is 3.32. The average Bonchev–Trinajstić information content (AvgIpc) is 2.26. The normalized spacial score (nSPS) is 11.6. The molecular formula is C14H20O2S2. The van der Waals surface area contributed by atoms with Crippen LogP contribution in [0.25, 0.3) is 0 Å². The minimum Gasteiger partial charge on any atom is -0.481 e. The van der Waals surface area contributed by atoms with Crippen LogP contribution in [0.4, 0.5) is 0 Å². The molecule has 0 unspecified atom stereocenters. The van der Waals surface area contributed by atoms with Crippen molar-refractivity contribution < 1.29 is 9.90 Å². The van der Waals surface area contributed by atoms with Gasteiger partial charge in [-0.3, -0.25) is 4.79 Å². The fraction of sp³-hybridized carbons (Fsp3) is 0.500. The van der Waals surface area contributed by atoms with Crippen molar-refractivity contribution in [3.8, 4) is 0 Å². The first-order chi connectivity index (χ1) is 8.31. The van der Waals surface area contributed by atoms with Gasteiger partial charge in [0.2, 0.25) is 0 Å². The van der Waals surface area contributed by atoms with E-state index >= 15 is 0 Å². The summed E-state index contributed by atoms with van der Waals surface area (Å²) >= 11 is 3.39. The number of benzene rings is 1. The van der Waals surface area contributed by atoms with Crippen molar-refractivity contribution in [2.45, 2.75) is 42.4 Å². The van der Waals surface area contributed by atoms with Crippen molar-refractivity contribution in [1.29, 1.82) is 0 Å². The van der Waals surface area contributed by atoms with Gasteiger partial charge >= 0.3 is 5.97 Å². The predicted octanol–water partition coefficient (Wildman–Crippen LogP) is 4.19. The minimum absolute atomic E-state index is 0.150. The number of aliphatic carboxylic acids is 1. The molecule has 0 fully saturated rings. The quantitative estimate of drug-likeness (QED) is 0.823. The summed E-state index contributed by atoms with van der Waals surface area (Å²) in [6.07, 6.45) is 4.24. The maximum Gasteiger partial charge on any atom is 0.304 e. The van der Waals surface area contributed by atoms with Gasteiger partial charge in [-0.25, -0.2) is 0 Å². The summed E-state index contributed by atoms with van der Waals surface area (Å²) in [4.78, 5) is 13.4. The first-order valence-electron chi connectivity index (χ1n) is 5.76. The summed E-state index contributed by atoms with van der Waals surface area (Å²) in [5.74, 6) is -0.752. The second-order valence-electron chi connectivity index (χ2n) is 4.98. The van der Waals surface area contributed by atoms with E-state index in [2.05, 4.69) is 25.3 Å². The highest BCUT2D eigenvalue weighted by Crippen LogP contribution is 2.38. The molecule has 0 spiro atoms. The van der Waals surface area contributed by atoms with Gasteiger partial charge in [-0.2, -0.15) is 0 Å². The minimum atomic E-state index is -0.752. The van der Waals surface area contributed by atoms with Gasteiger partial charge in [0, 0.05) is 15.2 Å². The smallest absolute Gasteiger partial charge is 0.304 e. The highest BCUT2D eigenvalue weighted by Gasteiger charge is 2.27. The molecule has 0 aliphatic rings. The van der Waals surface area contributed by atoms with Crippen molar-refractivity contribution >= 4 is 29.5 Å². The molecule has 1 N–H and O–H groups in total. The van der Waals surface area contributed by atoms with E-state index in [4.69, 9.17) is 5.11 Å². The molecule has 0 amide bonds. The molecule has 0 bridgehead atoms. The summed E-state index contributed by atoms with van der Waals surface area (Å²) in [5, 5.41) is 9.04. The molecule has 0 aromatic heterocycles. The number of carboxylic acids is 1. The first-order valence-corrected chi connectivity index (χ1v) is 8.21. The van der Waals surface area contributed by atoms with E-state index in [1.807, 2.05) is 20.1 Å². The lowest BCUT2D eigenvalue weighted by Crippen LogP contribution is -2.22.